The molecule has 154 valence electrons. The van der Waals surface area contributed by atoms with E-state index in [4.69, 9.17) is 26.8 Å². The fourth-order valence-corrected chi connectivity index (χ4v) is 2.91. The van der Waals surface area contributed by atoms with Crippen molar-refractivity contribution in [1.29, 1.82) is 0 Å². The Hall–Kier alpha value is -1.94. The molecule has 2 atom stereocenters. The number of hydrogen-bond donors (Lipinski definition) is 3. The average Bonchev–Trinajstić information content (AvgIpc) is 3.09. The molecule has 8 nitrogen and oxygen atoms in total. The predicted molar refractivity (Wildman–Crippen MR) is 111 cm³/mol. The number of aromatic nitrogens is 3. The fourth-order valence-electron chi connectivity index (χ4n) is 2.58. The first kappa shape index (κ1) is 22.4. The molecule has 2 heterocycles. The molecule has 1 aliphatic heterocycles. The van der Waals surface area contributed by atoms with Crippen molar-refractivity contribution in [2.75, 3.05) is 13.2 Å². The van der Waals surface area contributed by atoms with E-state index >= 15 is 0 Å². The van der Waals surface area contributed by atoms with Gasteiger partial charge in [-0.2, -0.15) is 0 Å². The van der Waals surface area contributed by atoms with E-state index in [0.717, 1.165) is 12.2 Å². The highest BCUT2D eigenvalue weighted by molar-refractivity contribution is 7.80. The number of rotatable bonds is 6. The maximum absolute atomic E-state index is 9.64. The molecule has 0 bridgehead atoms. The first-order valence-corrected chi connectivity index (χ1v) is 9.85. The zero-order valence-electron chi connectivity index (χ0n) is 15.8. The third kappa shape index (κ3) is 7.97. The van der Waals surface area contributed by atoms with Crippen molar-refractivity contribution < 1.29 is 14.6 Å². The molecule has 2 aromatic rings. The van der Waals surface area contributed by atoms with E-state index in [1.54, 1.807) is 10.7 Å². The number of thiocarbonyl (C=S) groups is 1. The number of para-hydroxylation sites is 1. The molecule has 0 spiro atoms. The lowest BCUT2D eigenvalue weighted by Crippen LogP contribution is -2.32. The summed E-state index contributed by atoms with van der Waals surface area (Å²) in [7, 11) is 0. The van der Waals surface area contributed by atoms with Crippen LogP contribution in [0.3, 0.4) is 0 Å². The first-order valence-electron chi connectivity index (χ1n) is 9.07. The maximum Gasteiger partial charge on any atom is 0.163 e. The van der Waals surface area contributed by atoms with Gasteiger partial charge in [-0.15, -0.1) is 5.10 Å². The molecule has 1 aromatic carbocycles. The van der Waals surface area contributed by atoms with Crippen molar-refractivity contribution in [3.05, 3.63) is 41.2 Å². The van der Waals surface area contributed by atoms with E-state index in [1.165, 1.54) is 0 Å². The van der Waals surface area contributed by atoms with Crippen LogP contribution in [-0.4, -0.2) is 50.6 Å². The Morgan fingerprint density at radius 2 is 2.29 bits per heavy atom. The molecule has 1 aliphatic rings. The van der Waals surface area contributed by atoms with Gasteiger partial charge in [0.15, 0.2) is 5.11 Å². The topological polar surface area (TPSA) is 107 Å². The van der Waals surface area contributed by atoms with Crippen LogP contribution < -0.4 is 15.8 Å². The van der Waals surface area contributed by atoms with Crippen LogP contribution in [0.15, 0.2) is 30.5 Å². The highest BCUT2D eigenvalue weighted by Gasteiger charge is 2.21. The summed E-state index contributed by atoms with van der Waals surface area (Å²) in [6.45, 7) is 4.23. The van der Waals surface area contributed by atoms with Crippen LogP contribution in [0.1, 0.15) is 25.5 Å². The van der Waals surface area contributed by atoms with Crippen LogP contribution in [0.2, 0.25) is 5.02 Å². The van der Waals surface area contributed by atoms with Crippen molar-refractivity contribution in [3.8, 4) is 5.75 Å². The van der Waals surface area contributed by atoms with E-state index in [0.29, 0.717) is 48.5 Å². The summed E-state index contributed by atoms with van der Waals surface area (Å²) in [5.41, 5.74) is 5.74. The molecule has 28 heavy (non-hydrogen) atoms. The third-order valence-electron chi connectivity index (χ3n) is 3.88. The van der Waals surface area contributed by atoms with E-state index in [1.807, 2.05) is 31.3 Å². The van der Waals surface area contributed by atoms with Gasteiger partial charge in [-0.05, 0) is 37.7 Å². The van der Waals surface area contributed by atoms with Gasteiger partial charge >= 0.3 is 0 Å². The third-order valence-corrected chi connectivity index (χ3v) is 4.34. The predicted octanol–water partition coefficient (Wildman–Crippen LogP) is 1.89. The molecule has 1 aromatic heterocycles. The lowest BCUT2D eigenvalue weighted by Gasteiger charge is -2.26. The van der Waals surface area contributed by atoms with Crippen molar-refractivity contribution >= 4 is 28.9 Å². The van der Waals surface area contributed by atoms with Gasteiger partial charge in [-0.25, -0.2) is 4.68 Å². The molecule has 1 saturated heterocycles. The highest BCUT2D eigenvalue weighted by atomic mass is 35.5. The molecule has 3 rings (SSSR count). The molecular weight excluding hydrogens is 402 g/mol. The standard InChI is InChI=1S/C15H18ClN3O3.C3H8N2S/c16-14-3-1-2-4-15(14)22-10-11-8-19(18-17-11)9-13-7-12(20)5-6-21-13;1-2-5-3(4)6/h1-4,8,12-13,20H,5-7,9-10H2;2H2,1H3,(H3,4,5,6). The zero-order chi connectivity index (χ0) is 20.4. The number of benzene rings is 1. The Morgan fingerprint density at radius 1 is 1.50 bits per heavy atom. The maximum atomic E-state index is 9.64. The van der Waals surface area contributed by atoms with Crippen molar-refractivity contribution in [2.45, 2.75) is 45.1 Å². The lowest BCUT2D eigenvalue weighted by molar-refractivity contribution is -0.0512. The second kappa shape index (κ2) is 11.8. The summed E-state index contributed by atoms with van der Waals surface area (Å²) in [5.74, 6) is 0.623. The summed E-state index contributed by atoms with van der Waals surface area (Å²) in [4.78, 5) is 0. The molecule has 0 amide bonds. The molecular formula is C18H26ClN5O3S. The number of aliphatic hydroxyl groups is 1. The van der Waals surface area contributed by atoms with Gasteiger partial charge in [0.25, 0.3) is 0 Å². The highest BCUT2D eigenvalue weighted by Crippen LogP contribution is 2.23. The summed E-state index contributed by atoms with van der Waals surface area (Å²) in [5, 5.41) is 21.4. The Kier molecular flexibility index (Phi) is 9.42. The Morgan fingerprint density at radius 3 is 2.93 bits per heavy atom. The van der Waals surface area contributed by atoms with E-state index < -0.39 is 0 Å². The number of hydrogen-bond acceptors (Lipinski definition) is 6. The van der Waals surface area contributed by atoms with Crippen LogP contribution in [0.25, 0.3) is 0 Å². The fraction of sp³-hybridized carbons (Fsp3) is 0.500. The minimum absolute atomic E-state index is 0.0252. The number of nitrogens with zero attached hydrogens (tertiary/aromatic N) is 3. The van der Waals surface area contributed by atoms with E-state index in [-0.39, 0.29) is 12.2 Å². The second-order valence-electron chi connectivity index (χ2n) is 6.22. The quantitative estimate of drug-likeness (QED) is 0.600. The SMILES string of the molecule is CCNC(N)=S.OC1CCOC(Cn2cc(COc3ccccc3Cl)nn2)C1. The monoisotopic (exact) mass is 427 g/mol. The van der Waals surface area contributed by atoms with E-state index in [2.05, 4.69) is 27.8 Å². The van der Waals surface area contributed by atoms with Gasteiger partial charge in [-0.3, -0.25) is 0 Å². The summed E-state index contributed by atoms with van der Waals surface area (Å²) >= 11 is 10.5. The van der Waals surface area contributed by atoms with Gasteiger partial charge in [0, 0.05) is 19.6 Å². The molecule has 0 saturated carbocycles. The van der Waals surface area contributed by atoms with Gasteiger partial charge in [0.05, 0.1) is 30.0 Å². The summed E-state index contributed by atoms with van der Waals surface area (Å²) in [6.07, 6.45) is 2.84. The average molecular weight is 428 g/mol. The Labute approximate surface area is 175 Å². The number of ether oxygens (including phenoxy) is 2. The summed E-state index contributed by atoms with van der Waals surface area (Å²) in [6, 6.07) is 7.30. The van der Waals surface area contributed by atoms with Gasteiger partial charge < -0.3 is 25.6 Å². The summed E-state index contributed by atoms with van der Waals surface area (Å²) < 4.78 is 12.9. The van der Waals surface area contributed by atoms with Crippen LogP contribution in [0.5, 0.6) is 5.75 Å². The molecule has 0 aliphatic carbocycles. The van der Waals surface area contributed by atoms with Gasteiger partial charge in [0.2, 0.25) is 0 Å². The number of nitrogens with two attached hydrogens (primary N) is 1. The molecule has 10 heteroatoms. The van der Waals surface area contributed by atoms with Crippen LogP contribution >= 0.6 is 23.8 Å². The second-order valence-corrected chi connectivity index (χ2v) is 7.06. The zero-order valence-corrected chi connectivity index (χ0v) is 17.3. The normalized spacial score (nSPS) is 18.7. The number of aliphatic hydroxyl groups excluding tert-OH is 1. The van der Waals surface area contributed by atoms with Crippen molar-refractivity contribution in [1.82, 2.24) is 20.3 Å². The minimum Gasteiger partial charge on any atom is -0.486 e. The van der Waals surface area contributed by atoms with Crippen LogP contribution in [0, 0.1) is 0 Å². The minimum atomic E-state index is -0.287. The largest absolute Gasteiger partial charge is 0.486 e. The number of nitrogens with one attached hydrogen (secondary N) is 1. The molecule has 4 N–H and O–H groups in total. The first-order chi connectivity index (χ1) is 13.5. The molecule has 2 unspecified atom stereocenters. The van der Waals surface area contributed by atoms with Crippen molar-refractivity contribution in [2.24, 2.45) is 5.73 Å². The molecule has 0 radical (unpaired) electrons. The Balaban J connectivity index is 0.000000409. The van der Waals surface area contributed by atoms with Gasteiger partial charge in [-0.1, -0.05) is 28.9 Å². The number of halogens is 1. The van der Waals surface area contributed by atoms with E-state index in [9.17, 15) is 5.11 Å². The smallest absolute Gasteiger partial charge is 0.163 e. The Bertz CT molecular complexity index is 746. The molecule has 1 fully saturated rings. The van der Waals surface area contributed by atoms with Crippen LogP contribution in [-0.2, 0) is 17.9 Å². The lowest BCUT2D eigenvalue weighted by atomic mass is 10.1. The van der Waals surface area contributed by atoms with Crippen LogP contribution in [0.4, 0.5) is 0 Å². The van der Waals surface area contributed by atoms with Crippen molar-refractivity contribution in [3.63, 3.8) is 0 Å². The van der Waals surface area contributed by atoms with Gasteiger partial charge in [0.1, 0.15) is 18.1 Å².